The van der Waals surface area contributed by atoms with Gasteiger partial charge in [-0.25, -0.2) is 9.97 Å². The molecule has 2 rings (SSSR count). The summed E-state index contributed by atoms with van der Waals surface area (Å²) < 4.78 is 0. The van der Waals surface area contributed by atoms with Gasteiger partial charge in [0.2, 0.25) is 0 Å². The van der Waals surface area contributed by atoms with Crippen molar-refractivity contribution in [3.05, 3.63) is 39.4 Å². The Hall–Kier alpha value is -1.46. The molecular formula is C11H10ClN3OS. The molecule has 0 aliphatic rings. The lowest BCUT2D eigenvalue weighted by Crippen LogP contribution is -2.12. The summed E-state index contributed by atoms with van der Waals surface area (Å²) in [7, 11) is 0. The van der Waals surface area contributed by atoms with E-state index in [1.54, 1.807) is 6.07 Å². The minimum absolute atomic E-state index is 0.188. The van der Waals surface area contributed by atoms with Gasteiger partial charge >= 0.3 is 0 Å². The van der Waals surface area contributed by atoms with Crippen molar-refractivity contribution in [1.29, 1.82) is 0 Å². The quantitative estimate of drug-likeness (QED) is 0.930. The monoisotopic (exact) mass is 267 g/mol. The SMILES string of the molecule is CCc1ccc(C(=O)Nc2nccnc2Cl)s1. The van der Waals surface area contributed by atoms with Crippen molar-refractivity contribution in [3.63, 3.8) is 0 Å². The highest BCUT2D eigenvalue weighted by Crippen LogP contribution is 2.20. The van der Waals surface area contributed by atoms with Crippen molar-refractivity contribution < 1.29 is 4.79 Å². The molecule has 2 aromatic rings. The predicted octanol–water partition coefficient (Wildman–Crippen LogP) is 3.01. The van der Waals surface area contributed by atoms with Crippen LogP contribution in [0.15, 0.2) is 24.5 Å². The first-order valence-electron chi connectivity index (χ1n) is 5.07. The molecule has 1 N–H and O–H groups in total. The zero-order valence-corrected chi connectivity index (χ0v) is 10.7. The van der Waals surface area contributed by atoms with E-state index in [0.717, 1.165) is 6.42 Å². The molecule has 0 aromatic carbocycles. The normalized spacial score (nSPS) is 10.2. The van der Waals surface area contributed by atoms with Crippen LogP contribution in [0.5, 0.6) is 0 Å². The number of nitrogens with zero attached hydrogens (tertiary/aromatic N) is 2. The third-order valence-corrected chi connectivity index (χ3v) is 3.62. The molecule has 2 heterocycles. The number of halogens is 1. The number of amides is 1. The molecule has 88 valence electrons. The number of anilines is 1. The maximum Gasteiger partial charge on any atom is 0.266 e. The molecule has 0 saturated heterocycles. The Bertz CT molecular complexity index is 541. The lowest BCUT2D eigenvalue weighted by molar-refractivity contribution is 0.103. The second kappa shape index (κ2) is 5.25. The van der Waals surface area contributed by atoms with Crippen molar-refractivity contribution in [3.8, 4) is 0 Å². The standard InChI is InChI=1S/C11H10ClN3OS/c1-2-7-3-4-8(17-7)11(16)15-10-9(12)13-5-6-14-10/h3-6H,2H2,1H3,(H,14,15,16). The molecule has 4 nitrogen and oxygen atoms in total. The first-order chi connectivity index (χ1) is 8.20. The van der Waals surface area contributed by atoms with Crippen LogP contribution < -0.4 is 5.32 Å². The van der Waals surface area contributed by atoms with Crippen LogP contribution in [0.4, 0.5) is 5.82 Å². The Kier molecular flexibility index (Phi) is 3.71. The second-order valence-electron chi connectivity index (χ2n) is 3.27. The fourth-order valence-corrected chi connectivity index (χ4v) is 2.26. The summed E-state index contributed by atoms with van der Waals surface area (Å²) in [4.78, 5) is 21.5. The fraction of sp³-hybridized carbons (Fsp3) is 0.182. The first kappa shape index (κ1) is 12.0. The van der Waals surface area contributed by atoms with Gasteiger partial charge in [-0.15, -0.1) is 11.3 Å². The zero-order valence-electron chi connectivity index (χ0n) is 9.11. The average Bonchev–Trinajstić information content (AvgIpc) is 2.81. The molecule has 2 aromatic heterocycles. The lowest BCUT2D eigenvalue weighted by Gasteiger charge is -2.02. The van der Waals surface area contributed by atoms with Crippen LogP contribution in [0.1, 0.15) is 21.5 Å². The van der Waals surface area contributed by atoms with Crippen LogP contribution in [0.2, 0.25) is 5.15 Å². The Morgan fingerprint density at radius 1 is 1.41 bits per heavy atom. The van der Waals surface area contributed by atoms with E-state index in [9.17, 15) is 4.79 Å². The van der Waals surface area contributed by atoms with Crippen LogP contribution >= 0.6 is 22.9 Å². The summed E-state index contributed by atoms with van der Waals surface area (Å²) in [5.41, 5.74) is 0. The minimum Gasteiger partial charge on any atom is -0.303 e. The van der Waals surface area contributed by atoms with Gasteiger partial charge in [-0.2, -0.15) is 0 Å². The number of carbonyl (C=O) groups is 1. The number of hydrogen-bond donors (Lipinski definition) is 1. The van der Waals surface area contributed by atoms with E-state index in [1.165, 1.54) is 28.6 Å². The molecule has 0 spiro atoms. The summed E-state index contributed by atoms with van der Waals surface area (Å²) >= 11 is 7.27. The molecule has 0 bridgehead atoms. The number of carbonyl (C=O) groups excluding carboxylic acids is 1. The van der Waals surface area contributed by atoms with Gasteiger partial charge in [-0.1, -0.05) is 18.5 Å². The van der Waals surface area contributed by atoms with Crippen molar-refractivity contribution in [2.24, 2.45) is 0 Å². The molecule has 0 fully saturated rings. The summed E-state index contributed by atoms with van der Waals surface area (Å²) in [5, 5.41) is 2.82. The highest BCUT2D eigenvalue weighted by Gasteiger charge is 2.11. The van der Waals surface area contributed by atoms with Crippen LogP contribution in [0.25, 0.3) is 0 Å². The summed E-state index contributed by atoms with van der Waals surface area (Å²) in [5.74, 6) is 0.0720. The van der Waals surface area contributed by atoms with E-state index < -0.39 is 0 Å². The van der Waals surface area contributed by atoms with E-state index >= 15 is 0 Å². The zero-order chi connectivity index (χ0) is 12.3. The van der Waals surface area contributed by atoms with Crippen LogP contribution in [0.3, 0.4) is 0 Å². The molecule has 0 saturated carbocycles. The number of nitrogens with one attached hydrogen (secondary N) is 1. The molecule has 1 amide bonds. The topological polar surface area (TPSA) is 54.9 Å². The molecule has 0 atom stereocenters. The third kappa shape index (κ3) is 2.81. The molecule has 17 heavy (non-hydrogen) atoms. The fourth-order valence-electron chi connectivity index (χ4n) is 1.26. The van der Waals surface area contributed by atoms with Crippen molar-refractivity contribution in [2.75, 3.05) is 5.32 Å². The largest absolute Gasteiger partial charge is 0.303 e. The second-order valence-corrected chi connectivity index (χ2v) is 4.80. The minimum atomic E-state index is -0.211. The molecule has 6 heteroatoms. The Labute approximate surface area is 108 Å². The van der Waals surface area contributed by atoms with E-state index in [4.69, 9.17) is 11.6 Å². The van der Waals surface area contributed by atoms with Crippen LogP contribution in [-0.4, -0.2) is 15.9 Å². The maximum absolute atomic E-state index is 11.9. The summed E-state index contributed by atoms with van der Waals surface area (Å²) in [6.45, 7) is 2.05. The lowest BCUT2D eigenvalue weighted by atomic mass is 10.3. The van der Waals surface area contributed by atoms with Crippen molar-refractivity contribution >= 4 is 34.7 Å². The average molecular weight is 268 g/mol. The van der Waals surface area contributed by atoms with E-state index in [1.807, 2.05) is 13.0 Å². The maximum atomic E-state index is 11.9. The predicted molar refractivity (Wildman–Crippen MR) is 68.7 cm³/mol. The Morgan fingerprint density at radius 3 is 2.82 bits per heavy atom. The van der Waals surface area contributed by atoms with Gasteiger partial charge in [0.1, 0.15) is 0 Å². The number of aryl methyl sites for hydroxylation is 1. The van der Waals surface area contributed by atoms with Gasteiger partial charge < -0.3 is 5.32 Å². The van der Waals surface area contributed by atoms with Crippen LogP contribution in [0, 0.1) is 0 Å². The molecule has 0 radical (unpaired) electrons. The summed E-state index contributed by atoms with van der Waals surface area (Å²) in [6.07, 6.45) is 3.87. The number of aromatic nitrogens is 2. The van der Waals surface area contributed by atoms with Gasteiger partial charge in [0.05, 0.1) is 4.88 Å². The molecule has 0 aliphatic heterocycles. The molecule has 0 aliphatic carbocycles. The number of thiophene rings is 1. The summed E-state index contributed by atoms with van der Waals surface area (Å²) in [6, 6.07) is 3.74. The van der Waals surface area contributed by atoms with Gasteiger partial charge in [0, 0.05) is 17.3 Å². The van der Waals surface area contributed by atoms with Gasteiger partial charge in [-0.05, 0) is 18.6 Å². The number of hydrogen-bond acceptors (Lipinski definition) is 4. The van der Waals surface area contributed by atoms with Gasteiger partial charge in [0.15, 0.2) is 11.0 Å². The van der Waals surface area contributed by atoms with E-state index in [2.05, 4.69) is 15.3 Å². The smallest absolute Gasteiger partial charge is 0.266 e. The third-order valence-electron chi connectivity index (χ3n) is 2.12. The Balaban J connectivity index is 2.14. The molecular weight excluding hydrogens is 258 g/mol. The van der Waals surface area contributed by atoms with Gasteiger partial charge in [0.25, 0.3) is 5.91 Å². The van der Waals surface area contributed by atoms with Crippen LogP contribution in [-0.2, 0) is 6.42 Å². The van der Waals surface area contributed by atoms with Crippen molar-refractivity contribution in [1.82, 2.24) is 9.97 Å². The van der Waals surface area contributed by atoms with E-state index in [0.29, 0.717) is 4.88 Å². The molecule has 0 unspecified atom stereocenters. The number of rotatable bonds is 3. The van der Waals surface area contributed by atoms with Crippen molar-refractivity contribution in [2.45, 2.75) is 13.3 Å². The van der Waals surface area contributed by atoms with E-state index in [-0.39, 0.29) is 16.9 Å². The Morgan fingerprint density at radius 2 is 2.18 bits per heavy atom. The first-order valence-corrected chi connectivity index (χ1v) is 6.26. The highest BCUT2D eigenvalue weighted by atomic mass is 35.5. The van der Waals surface area contributed by atoms with Gasteiger partial charge in [-0.3, -0.25) is 4.79 Å². The highest BCUT2D eigenvalue weighted by molar-refractivity contribution is 7.14.